The number of aromatic nitrogens is 1. The largest absolute Gasteiger partial charge is 0.573 e. The number of hydrogen-bond acceptors (Lipinski definition) is 3. The van der Waals surface area contributed by atoms with E-state index >= 15 is 0 Å². The van der Waals surface area contributed by atoms with Crippen molar-refractivity contribution < 1.29 is 17.9 Å². The second-order valence-corrected chi connectivity index (χ2v) is 2.74. The van der Waals surface area contributed by atoms with Crippen LogP contribution in [0.15, 0.2) is 12.3 Å². The molecule has 0 radical (unpaired) electrons. The number of hydrogen-bond donors (Lipinski definition) is 0. The van der Waals surface area contributed by atoms with E-state index in [1.54, 1.807) is 6.07 Å². The minimum atomic E-state index is -4.78. The summed E-state index contributed by atoms with van der Waals surface area (Å²) < 4.78 is 39.0. The third kappa shape index (κ3) is 3.29. The Morgan fingerprint density at radius 1 is 1.53 bits per heavy atom. The van der Waals surface area contributed by atoms with Crippen molar-refractivity contribution in [3.8, 4) is 11.8 Å². The molecule has 0 saturated carbocycles. The summed E-state index contributed by atoms with van der Waals surface area (Å²) in [5, 5.41) is 8.54. The standard InChI is InChI=1S/C8H4ClF3N2O/c9-2-5-1-6(15-8(10,11)12)4-14-7(5)3-13/h1,4H,2H2. The highest BCUT2D eigenvalue weighted by atomic mass is 35.5. The monoisotopic (exact) mass is 236 g/mol. The average molecular weight is 237 g/mol. The topological polar surface area (TPSA) is 45.9 Å². The van der Waals surface area contributed by atoms with E-state index < -0.39 is 12.1 Å². The molecule has 0 unspecified atom stereocenters. The second-order valence-electron chi connectivity index (χ2n) is 2.47. The third-order valence-electron chi connectivity index (χ3n) is 1.42. The van der Waals surface area contributed by atoms with Crippen LogP contribution in [0.2, 0.25) is 0 Å². The molecule has 0 aliphatic carbocycles. The first-order valence-corrected chi connectivity index (χ1v) is 4.20. The summed E-state index contributed by atoms with van der Waals surface area (Å²) in [6.45, 7) is 0. The zero-order chi connectivity index (χ0) is 11.5. The Bertz CT molecular complexity index is 400. The summed E-state index contributed by atoms with van der Waals surface area (Å²) in [5.41, 5.74) is 0.181. The van der Waals surface area contributed by atoms with Crippen molar-refractivity contribution in [1.29, 1.82) is 5.26 Å². The fraction of sp³-hybridized carbons (Fsp3) is 0.250. The van der Waals surface area contributed by atoms with Crippen LogP contribution in [0.1, 0.15) is 11.3 Å². The molecule has 0 saturated heterocycles. The molecule has 0 fully saturated rings. The summed E-state index contributed by atoms with van der Waals surface area (Å²) in [6, 6.07) is 2.74. The first-order chi connectivity index (χ1) is 6.96. The summed E-state index contributed by atoms with van der Waals surface area (Å²) >= 11 is 5.43. The van der Waals surface area contributed by atoms with Gasteiger partial charge in [-0.25, -0.2) is 4.98 Å². The van der Waals surface area contributed by atoms with Gasteiger partial charge in [0.2, 0.25) is 0 Å². The quantitative estimate of drug-likeness (QED) is 0.742. The Morgan fingerprint density at radius 2 is 2.20 bits per heavy atom. The molecular formula is C8H4ClF3N2O. The van der Waals surface area contributed by atoms with E-state index in [-0.39, 0.29) is 17.1 Å². The maximum absolute atomic E-state index is 11.8. The van der Waals surface area contributed by atoms with Crippen LogP contribution in [0.5, 0.6) is 5.75 Å². The number of ether oxygens (including phenoxy) is 1. The first-order valence-electron chi connectivity index (χ1n) is 3.67. The van der Waals surface area contributed by atoms with Gasteiger partial charge in [0.1, 0.15) is 17.5 Å². The Kier molecular flexibility index (Phi) is 3.37. The van der Waals surface area contributed by atoms with Crippen LogP contribution in [-0.4, -0.2) is 11.3 Å². The molecule has 3 nitrogen and oxygen atoms in total. The maximum atomic E-state index is 11.8. The smallest absolute Gasteiger partial charge is 0.404 e. The zero-order valence-corrected chi connectivity index (χ0v) is 7.93. The van der Waals surface area contributed by atoms with Crippen molar-refractivity contribution in [1.82, 2.24) is 4.98 Å². The lowest BCUT2D eigenvalue weighted by atomic mass is 10.2. The molecule has 1 aromatic rings. The number of rotatable bonds is 2. The molecule has 0 aromatic carbocycles. The Hall–Kier alpha value is -1.48. The molecule has 0 aliphatic heterocycles. The van der Waals surface area contributed by atoms with Crippen molar-refractivity contribution in [2.24, 2.45) is 0 Å². The van der Waals surface area contributed by atoms with E-state index in [4.69, 9.17) is 16.9 Å². The lowest BCUT2D eigenvalue weighted by molar-refractivity contribution is -0.274. The normalized spacial score (nSPS) is 10.9. The molecule has 0 N–H and O–H groups in total. The number of alkyl halides is 4. The van der Waals surface area contributed by atoms with Crippen LogP contribution in [0, 0.1) is 11.3 Å². The molecule has 0 spiro atoms. The molecule has 80 valence electrons. The lowest BCUT2D eigenvalue weighted by Crippen LogP contribution is -2.17. The fourth-order valence-corrected chi connectivity index (χ4v) is 1.08. The molecule has 0 aliphatic rings. The van der Waals surface area contributed by atoms with Gasteiger partial charge < -0.3 is 4.74 Å². The summed E-state index contributed by atoms with van der Waals surface area (Å²) in [5.74, 6) is -0.595. The maximum Gasteiger partial charge on any atom is 0.573 e. The van der Waals surface area contributed by atoms with E-state index in [0.29, 0.717) is 0 Å². The minimum Gasteiger partial charge on any atom is -0.404 e. The van der Waals surface area contributed by atoms with Crippen molar-refractivity contribution in [2.45, 2.75) is 12.2 Å². The molecule has 1 heterocycles. The van der Waals surface area contributed by atoms with Gasteiger partial charge in [0.25, 0.3) is 0 Å². The molecular weight excluding hydrogens is 233 g/mol. The molecule has 1 aromatic heterocycles. The summed E-state index contributed by atoms with van der Waals surface area (Å²) in [7, 11) is 0. The van der Waals surface area contributed by atoms with Crippen LogP contribution in [0.4, 0.5) is 13.2 Å². The van der Waals surface area contributed by atoms with Crippen LogP contribution in [0.3, 0.4) is 0 Å². The van der Waals surface area contributed by atoms with E-state index in [1.807, 2.05) is 0 Å². The van der Waals surface area contributed by atoms with Crippen LogP contribution in [0.25, 0.3) is 0 Å². The van der Waals surface area contributed by atoms with E-state index in [0.717, 1.165) is 12.3 Å². The lowest BCUT2D eigenvalue weighted by Gasteiger charge is -2.09. The Balaban J connectivity index is 3.00. The molecule has 0 amide bonds. The van der Waals surface area contributed by atoms with Gasteiger partial charge in [-0.15, -0.1) is 24.8 Å². The number of halogens is 4. The van der Waals surface area contributed by atoms with Crippen LogP contribution >= 0.6 is 11.6 Å². The van der Waals surface area contributed by atoms with Gasteiger partial charge >= 0.3 is 6.36 Å². The van der Waals surface area contributed by atoms with Gasteiger partial charge in [0, 0.05) is 5.56 Å². The zero-order valence-electron chi connectivity index (χ0n) is 7.18. The van der Waals surface area contributed by atoms with E-state index in [1.165, 1.54) is 0 Å². The Labute approximate surface area is 88.1 Å². The van der Waals surface area contributed by atoms with Crippen molar-refractivity contribution in [3.63, 3.8) is 0 Å². The van der Waals surface area contributed by atoms with Gasteiger partial charge in [-0.05, 0) is 6.07 Å². The highest BCUT2D eigenvalue weighted by Gasteiger charge is 2.31. The molecule has 7 heteroatoms. The summed E-state index contributed by atoms with van der Waals surface area (Å²) in [6.07, 6.45) is -3.96. The highest BCUT2D eigenvalue weighted by Crippen LogP contribution is 2.24. The molecule has 1 rings (SSSR count). The first kappa shape index (κ1) is 11.6. The number of nitrogens with zero attached hydrogens (tertiary/aromatic N) is 2. The minimum absolute atomic E-state index is 0.0143. The van der Waals surface area contributed by atoms with E-state index in [9.17, 15) is 13.2 Å². The summed E-state index contributed by atoms with van der Waals surface area (Å²) in [4.78, 5) is 3.48. The fourth-order valence-electron chi connectivity index (χ4n) is 0.880. The van der Waals surface area contributed by atoms with Gasteiger partial charge in [-0.2, -0.15) is 5.26 Å². The van der Waals surface area contributed by atoms with Crippen LogP contribution in [-0.2, 0) is 5.88 Å². The Morgan fingerprint density at radius 3 is 2.67 bits per heavy atom. The third-order valence-corrected chi connectivity index (χ3v) is 1.71. The van der Waals surface area contributed by atoms with Gasteiger partial charge in [-0.3, -0.25) is 0 Å². The van der Waals surface area contributed by atoms with Gasteiger partial charge in [0.05, 0.1) is 12.1 Å². The van der Waals surface area contributed by atoms with Crippen molar-refractivity contribution in [3.05, 3.63) is 23.5 Å². The van der Waals surface area contributed by atoms with Crippen molar-refractivity contribution in [2.75, 3.05) is 0 Å². The van der Waals surface area contributed by atoms with E-state index in [2.05, 4.69) is 9.72 Å². The second kappa shape index (κ2) is 4.36. The highest BCUT2D eigenvalue weighted by molar-refractivity contribution is 6.17. The number of nitriles is 1. The van der Waals surface area contributed by atoms with Crippen molar-refractivity contribution >= 4 is 11.6 Å². The molecule has 0 atom stereocenters. The molecule has 0 bridgehead atoms. The molecule has 15 heavy (non-hydrogen) atoms. The SMILES string of the molecule is N#Cc1ncc(OC(F)(F)F)cc1CCl. The van der Waals surface area contributed by atoms with Crippen LogP contribution < -0.4 is 4.74 Å². The predicted molar refractivity (Wildman–Crippen MR) is 45.2 cm³/mol. The van der Waals surface area contributed by atoms with Gasteiger partial charge in [0.15, 0.2) is 0 Å². The average Bonchev–Trinajstić information content (AvgIpc) is 2.15. The predicted octanol–water partition coefficient (Wildman–Crippen LogP) is 2.59. The van der Waals surface area contributed by atoms with Gasteiger partial charge in [-0.1, -0.05) is 0 Å². The number of pyridine rings is 1.